The van der Waals surface area contributed by atoms with Gasteiger partial charge in [0.25, 0.3) is 5.91 Å². The largest absolute Gasteiger partial charge is 0.465 e. The Bertz CT molecular complexity index is 729. The number of nitrogens with zero attached hydrogens (tertiary/aromatic N) is 1. The summed E-state index contributed by atoms with van der Waals surface area (Å²) in [6.45, 7) is 3.50. The van der Waals surface area contributed by atoms with Crippen LogP contribution in [0, 0.1) is 5.92 Å². The first-order valence-corrected chi connectivity index (χ1v) is 8.89. The summed E-state index contributed by atoms with van der Waals surface area (Å²) in [4.78, 5) is 23.7. The van der Waals surface area contributed by atoms with Crippen molar-refractivity contribution in [2.75, 3.05) is 19.9 Å². The van der Waals surface area contributed by atoms with Gasteiger partial charge in [-0.1, -0.05) is 25.4 Å². The number of benzene rings is 1. The number of rotatable bonds is 5. The summed E-state index contributed by atoms with van der Waals surface area (Å²) >= 11 is 6.05. The van der Waals surface area contributed by atoms with Crippen LogP contribution in [-0.2, 0) is 14.6 Å². The lowest BCUT2D eigenvalue weighted by molar-refractivity contribution is -0.0650. The Hall–Kier alpha value is -1.64. The second-order valence-electron chi connectivity index (χ2n) is 5.35. The van der Waals surface area contributed by atoms with E-state index in [4.69, 9.17) is 11.6 Å². The molecular weight excluding hydrogens is 346 g/mol. The minimum atomic E-state index is -3.81. The van der Waals surface area contributed by atoms with E-state index in [9.17, 15) is 23.2 Å². The molecule has 1 aromatic rings. The number of hydrogen-bond acceptors (Lipinski definition) is 6. The maximum Gasteiger partial charge on any atom is 0.339 e. The van der Waals surface area contributed by atoms with Gasteiger partial charge in [-0.2, -0.15) is 0 Å². The number of ether oxygens (including phenoxy) is 1. The molecule has 0 atom stereocenters. The van der Waals surface area contributed by atoms with Crippen LogP contribution >= 0.6 is 11.6 Å². The lowest BCUT2D eigenvalue weighted by Crippen LogP contribution is -2.32. The fourth-order valence-corrected chi connectivity index (χ4v) is 3.15. The van der Waals surface area contributed by atoms with Gasteiger partial charge >= 0.3 is 5.97 Å². The molecule has 0 bridgehead atoms. The Morgan fingerprint density at radius 2 is 1.91 bits per heavy atom. The molecular formula is C14H18ClNO6S. The molecule has 0 aliphatic heterocycles. The van der Waals surface area contributed by atoms with Gasteiger partial charge in [-0.3, -0.25) is 10.0 Å². The first-order valence-electron chi connectivity index (χ1n) is 6.62. The molecule has 1 N–H and O–H groups in total. The van der Waals surface area contributed by atoms with Crippen molar-refractivity contribution in [1.29, 1.82) is 0 Å². The van der Waals surface area contributed by atoms with Crippen LogP contribution in [-0.4, -0.2) is 50.5 Å². The van der Waals surface area contributed by atoms with E-state index in [0.717, 1.165) is 25.5 Å². The molecule has 0 aliphatic carbocycles. The highest BCUT2D eigenvalue weighted by molar-refractivity contribution is 7.90. The number of esters is 1. The van der Waals surface area contributed by atoms with Crippen molar-refractivity contribution < 1.29 is 28.0 Å². The van der Waals surface area contributed by atoms with Gasteiger partial charge in [0.1, 0.15) is 0 Å². The third-order valence-corrected chi connectivity index (χ3v) is 4.43. The fourth-order valence-electron chi connectivity index (χ4n) is 1.89. The van der Waals surface area contributed by atoms with Crippen LogP contribution in [0.25, 0.3) is 0 Å². The summed E-state index contributed by atoms with van der Waals surface area (Å²) in [5.74, 6) is -1.89. The Labute approximate surface area is 139 Å². The van der Waals surface area contributed by atoms with Crippen LogP contribution in [0.1, 0.15) is 34.6 Å². The van der Waals surface area contributed by atoms with Gasteiger partial charge in [0, 0.05) is 6.26 Å². The monoisotopic (exact) mass is 363 g/mol. The predicted octanol–water partition coefficient (Wildman–Crippen LogP) is 2.02. The maximum atomic E-state index is 12.4. The van der Waals surface area contributed by atoms with Crippen molar-refractivity contribution in [3.8, 4) is 0 Å². The second-order valence-corrected chi connectivity index (χ2v) is 7.71. The summed E-state index contributed by atoms with van der Waals surface area (Å²) in [5.41, 5.74) is -0.622. The molecule has 128 valence electrons. The third kappa shape index (κ3) is 4.43. The molecule has 0 aliphatic rings. The molecule has 1 aromatic carbocycles. The molecule has 1 amide bonds. The molecule has 0 unspecified atom stereocenters. The van der Waals surface area contributed by atoms with Gasteiger partial charge in [-0.25, -0.2) is 18.3 Å². The first kappa shape index (κ1) is 19.4. The summed E-state index contributed by atoms with van der Waals surface area (Å²) in [5, 5.41) is 9.85. The highest BCUT2D eigenvalue weighted by Gasteiger charge is 2.29. The summed E-state index contributed by atoms with van der Waals surface area (Å²) in [7, 11) is -2.68. The third-order valence-electron chi connectivity index (χ3n) is 2.89. The number of amides is 1. The van der Waals surface area contributed by atoms with Gasteiger partial charge in [0.05, 0.1) is 34.7 Å². The minimum absolute atomic E-state index is 0.0270. The average molecular weight is 364 g/mol. The van der Waals surface area contributed by atoms with Crippen molar-refractivity contribution >= 4 is 33.3 Å². The molecule has 0 heterocycles. The zero-order valence-corrected chi connectivity index (χ0v) is 14.7. The number of halogens is 1. The highest BCUT2D eigenvalue weighted by atomic mass is 35.5. The van der Waals surface area contributed by atoms with Crippen LogP contribution in [0.2, 0.25) is 5.02 Å². The summed E-state index contributed by atoms with van der Waals surface area (Å²) in [6, 6.07) is 2.25. The standard InChI is InChI=1S/C14H18ClNO6S/c1-8(2)7-16(19)13(17)11-10(23(4,20)21)6-5-9(12(11)15)14(18)22-3/h5-6,8,19H,7H2,1-4H3. The first-order chi connectivity index (χ1) is 10.5. The van der Waals surface area contributed by atoms with Crippen molar-refractivity contribution in [1.82, 2.24) is 5.06 Å². The maximum absolute atomic E-state index is 12.4. The summed E-state index contributed by atoms with van der Waals surface area (Å²) in [6.07, 6.45) is 0.900. The quantitative estimate of drug-likeness (QED) is 0.488. The van der Waals surface area contributed by atoms with Crippen molar-refractivity contribution in [2.45, 2.75) is 18.7 Å². The number of carbonyl (C=O) groups is 2. The zero-order valence-electron chi connectivity index (χ0n) is 13.2. The van der Waals surface area contributed by atoms with Crippen LogP contribution in [0.4, 0.5) is 0 Å². The normalized spacial score (nSPS) is 11.4. The Morgan fingerprint density at radius 3 is 2.35 bits per heavy atom. The molecule has 0 fully saturated rings. The lowest BCUT2D eigenvalue weighted by atomic mass is 10.1. The van der Waals surface area contributed by atoms with E-state index in [0.29, 0.717) is 5.06 Å². The number of sulfone groups is 1. The van der Waals surface area contributed by atoms with Crippen LogP contribution in [0.15, 0.2) is 17.0 Å². The number of hydrogen-bond donors (Lipinski definition) is 1. The highest BCUT2D eigenvalue weighted by Crippen LogP contribution is 2.29. The molecule has 23 heavy (non-hydrogen) atoms. The van der Waals surface area contributed by atoms with Gasteiger partial charge in [-0.05, 0) is 18.1 Å². The van der Waals surface area contributed by atoms with Crippen molar-refractivity contribution in [3.05, 3.63) is 28.3 Å². The molecule has 0 saturated heterocycles. The van der Waals surface area contributed by atoms with Gasteiger partial charge in [-0.15, -0.1) is 0 Å². The predicted molar refractivity (Wildman–Crippen MR) is 83.6 cm³/mol. The topological polar surface area (TPSA) is 101 Å². The zero-order chi connectivity index (χ0) is 17.9. The van der Waals surface area contributed by atoms with Crippen LogP contribution in [0.3, 0.4) is 0 Å². The molecule has 0 aromatic heterocycles. The van der Waals surface area contributed by atoms with E-state index in [2.05, 4.69) is 4.74 Å². The van der Waals surface area contributed by atoms with Crippen molar-refractivity contribution in [3.63, 3.8) is 0 Å². The second kappa shape index (κ2) is 7.29. The Morgan fingerprint density at radius 1 is 1.35 bits per heavy atom. The van der Waals surface area contributed by atoms with Crippen LogP contribution in [0.5, 0.6) is 0 Å². The van der Waals surface area contributed by atoms with E-state index < -0.39 is 27.3 Å². The van der Waals surface area contributed by atoms with E-state index in [1.807, 2.05) is 0 Å². The molecule has 0 radical (unpaired) electrons. The Balaban J connectivity index is 3.58. The van der Waals surface area contributed by atoms with Crippen LogP contribution < -0.4 is 0 Å². The van der Waals surface area contributed by atoms with E-state index in [1.54, 1.807) is 13.8 Å². The molecule has 1 rings (SSSR count). The molecule has 0 saturated carbocycles. The minimum Gasteiger partial charge on any atom is -0.465 e. The Kier molecular flexibility index (Phi) is 6.15. The number of carbonyl (C=O) groups excluding carboxylic acids is 2. The van der Waals surface area contributed by atoms with E-state index >= 15 is 0 Å². The fraction of sp³-hybridized carbons (Fsp3) is 0.429. The molecule has 9 heteroatoms. The lowest BCUT2D eigenvalue weighted by Gasteiger charge is -2.20. The molecule has 7 nitrogen and oxygen atoms in total. The molecule has 0 spiro atoms. The van der Waals surface area contributed by atoms with Gasteiger partial charge in [0.2, 0.25) is 0 Å². The number of methoxy groups -OCH3 is 1. The average Bonchev–Trinajstić information content (AvgIpc) is 2.43. The van der Waals surface area contributed by atoms with E-state index in [-0.39, 0.29) is 27.9 Å². The smallest absolute Gasteiger partial charge is 0.339 e. The van der Waals surface area contributed by atoms with E-state index in [1.165, 1.54) is 0 Å². The number of hydroxylamine groups is 2. The SMILES string of the molecule is COC(=O)c1ccc(S(C)(=O)=O)c(C(=O)N(O)CC(C)C)c1Cl. The van der Waals surface area contributed by atoms with Crippen molar-refractivity contribution in [2.24, 2.45) is 5.92 Å². The van der Waals surface area contributed by atoms with Gasteiger partial charge in [0.15, 0.2) is 9.84 Å². The van der Waals surface area contributed by atoms with Gasteiger partial charge < -0.3 is 4.74 Å². The summed E-state index contributed by atoms with van der Waals surface area (Å²) < 4.78 is 28.3.